The van der Waals surface area contributed by atoms with Crippen LogP contribution in [0.2, 0.25) is 0 Å². The summed E-state index contributed by atoms with van der Waals surface area (Å²) >= 11 is 0. The zero-order chi connectivity index (χ0) is 43.0. The van der Waals surface area contributed by atoms with E-state index in [1.54, 1.807) is 31.2 Å². The Morgan fingerprint density at radius 1 is 0.458 bits per heavy atom. The van der Waals surface area contributed by atoms with Crippen molar-refractivity contribution in [2.45, 2.75) is 20.8 Å². The Kier molecular flexibility index (Phi) is 16.4. The summed E-state index contributed by atoms with van der Waals surface area (Å²) in [6, 6.07) is 29.6. The van der Waals surface area contributed by atoms with Crippen LogP contribution in [0.5, 0.6) is 23.0 Å². The second kappa shape index (κ2) is 21.6. The third kappa shape index (κ3) is 13.9. The fourth-order valence-electron chi connectivity index (χ4n) is 5.01. The third-order valence-electron chi connectivity index (χ3n) is 8.51. The molecule has 4 aromatic carbocycles. The van der Waals surface area contributed by atoms with Gasteiger partial charge in [-0.25, -0.2) is 19.2 Å². The van der Waals surface area contributed by atoms with Crippen LogP contribution < -0.4 is 18.9 Å². The molecule has 0 aromatic heterocycles. The summed E-state index contributed by atoms with van der Waals surface area (Å²) < 4.78 is 39.3. The maximum absolute atomic E-state index is 12.4. The van der Waals surface area contributed by atoms with Gasteiger partial charge in [0, 0.05) is 16.7 Å². The second-order valence-corrected chi connectivity index (χ2v) is 13.8. The van der Waals surface area contributed by atoms with Gasteiger partial charge in [0.2, 0.25) is 0 Å². The summed E-state index contributed by atoms with van der Waals surface area (Å²) in [6.07, 6.45) is 0. The molecule has 0 fully saturated rings. The summed E-state index contributed by atoms with van der Waals surface area (Å²) in [6.45, 7) is 17.5. The molecule has 308 valence electrons. The topological polar surface area (TPSA) is 153 Å². The molecule has 0 aliphatic carbocycles. The molecule has 4 aromatic rings. The first-order valence-corrected chi connectivity index (χ1v) is 18.5. The molecule has 59 heavy (non-hydrogen) atoms. The lowest BCUT2D eigenvalue weighted by molar-refractivity contribution is -0.159. The van der Waals surface area contributed by atoms with Crippen molar-refractivity contribution in [3.05, 3.63) is 146 Å². The third-order valence-corrected chi connectivity index (χ3v) is 8.51. The molecule has 1 N–H and O–H groups in total. The van der Waals surface area contributed by atoms with Gasteiger partial charge in [-0.1, -0.05) is 74.8 Å². The van der Waals surface area contributed by atoms with Gasteiger partial charge in [-0.3, -0.25) is 0 Å². The van der Waals surface area contributed by atoms with Crippen LogP contribution in [0.1, 0.15) is 20.8 Å². The standard InChI is InChI=1S/C47H48O12/c1-31(2)43(49)56-28-47(29-57-44(50)32(3)4,30-58-46(52)34(7)26-48)27-55-41-20-12-37(13-21-41)35-8-16-39(17-9-35)53-24-25-54-40-18-10-36(11-19-40)38-14-22-42(23-15-38)59-45(51)33(5)6/h8-23,48H,1,3,5,7,24-30H2,2,4,6H3. The highest BCUT2D eigenvalue weighted by molar-refractivity contribution is 5.89. The lowest BCUT2D eigenvalue weighted by atomic mass is 9.92. The molecular weight excluding hydrogens is 757 g/mol. The van der Waals surface area contributed by atoms with Gasteiger partial charge in [0.05, 0.1) is 12.2 Å². The maximum atomic E-state index is 12.4. The lowest BCUT2D eigenvalue weighted by Gasteiger charge is -2.32. The minimum absolute atomic E-state index is 0.138. The van der Waals surface area contributed by atoms with E-state index < -0.39 is 42.5 Å². The number of carbonyl (C=O) groups is 4. The van der Waals surface area contributed by atoms with E-state index in [4.69, 9.17) is 33.2 Å². The normalized spacial score (nSPS) is 10.7. The van der Waals surface area contributed by atoms with E-state index in [9.17, 15) is 24.3 Å². The Morgan fingerprint density at radius 3 is 1.12 bits per heavy atom. The highest BCUT2D eigenvalue weighted by Gasteiger charge is 2.38. The molecule has 0 aliphatic heterocycles. The predicted octanol–water partition coefficient (Wildman–Crippen LogP) is 7.66. The molecule has 0 saturated carbocycles. The summed E-state index contributed by atoms with van der Waals surface area (Å²) in [7, 11) is 0. The quantitative estimate of drug-likeness (QED) is 0.0273. The Hall–Kier alpha value is -6.92. The fourth-order valence-corrected chi connectivity index (χ4v) is 5.01. The summed E-state index contributed by atoms with van der Waals surface area (Å²) in [4.78, 5) is 48.8. The fraction of sp³-hybridized carbons (Fsp3) is 0.234. The number of esters is 4. The number of ether oxygens (including phenoxy) is 7. The number of rotatable bonds is 22. The molecule has 0 atom stereocenters. The molecule has 12 heteroatoms. The zero-order valence-electron chi connectivity index (χ0n) is 33.5. The molecule has 4 rings (SSSR count). The van der Waals surface area contributed by atoms with Crippen LogP contribution in [0.25, 0.3) is 22.3 Å². The molecule has 0 aliphatic rings. The SMILES string of the molecule is C=C(C)C(=O)OCC(COC(=O)C(=C)C)(COC(=O)C(=C)CO)COc1ccc(-c2ccc(OCCOc3ccc(-c4ccc(OC(=O)C(=C)C)cc4)cc3)cc2)cc1. The van der Waals surface area contributed by atoms with Crippen LogP contribution in [0.3, 0.4) is 0 Å². The minimum Gasteiger partial charge on any atom is -0.493 e. The zero-order valence-corrected chi connectivity index (χ0v) is 33.5. The first kappa shape index (κ1) is 44.8. The van der Waals surface area contributed by atoms with Gasteiger partial charge in [0.25, 0.3) is 0 Å². The average molecular weight is 805 g/mol. The highest BCUT2D eigenvalue weighted by Crippen LogP contribution is 2.29. The average Bonchev–Trinajstić information content (AvgIpc) is 3.24. The minimum atomic E-state index is -1.36. The summed E-state index contributed by atoms with van der Waals surface area (Å²) in [5, 5.41) is 9.32. The van der Waals surface area contributed by atoms with Crippen molar-refractivity contribution >= 4 is 23.9 Å². The van der Waals surface area contributed by atoms with Crippen molar-refractivity contribution in [3.63, 3.8) is 0 Å². The van der Waals surface area contributed by atoms with Crippen LogP contribution in [-0.4, -0.2) is 75.2 Å². The first-order valence-electron chi connectivity index (χ1n) is 18.5. The molecule has 0 spiro atoms. The van der Waals surface area contributed by atoms with E-state index in [0.717, 1.165) is 22.3 Å². The Balaban J connectivity index is 1.31. The smallest absolute Gasteiger partial charge is 0.338 e. The predicted molar refractivity (Wildman–Crippen MR) is 222 cm³/mol. The van der Waals surface area contributed by atoms with Gasteiger partial charge in [0.15, 0.2) is 0 Å². The van der Waals surface area contributed by atoms with E-state index in [1.807, 2.05) is 72.8 Å². The van der Waals surface area contributed by atoms with Gasteiger partial charge >= 0.3 is 23.9 Å². The van der Waals surface area contributed by atoms with Crippen LogP contribution in [0.15, 0.2) is 146 Å². The molecular formula is C47H48O12. The molecule has 0 amide bonds. The maximum Gasteiger partial charge on any atom is 0.338 e. The van der Waals surface area contributed by atoms with E-state index in [2.05, 4.69) is 26.3 Å². The van der Waals surface area contributed by atoms with Crippen molar-refractivity contribution in [1.29, 1.82) is 0 Å². The van der Waals surface area contributed by atoms with Gasteiger partial charge in [0.1, 0.15) is 68.1 Å². The van der Waals surface area contributed by atoms with Crippen molar-refractivity contribution in [1.82, 2.24) is 0 Å². The molecule has 0 unspecified atom stereocenters. The number of benzene rings is 4. The number of carbonyl (C=O) groups excluding carboxylic acids is 4. The van der Waals surface area contributed by atoms with Crippen molar-refractivity contribution in [3.8, 4) is 45.3 Å². The van der Waals surface area contributed by atoms with Crippen molar-refractivity contribution < 1.29 is 57.4 Å². The van der Waals surface area contributed by atoms with Crippen LogP contribution >= 0.6 is 0 Å². The number of hydrogen-bond donors (Lipinski definition) is 1. The van der Waals surface area contributed by atoms with Crippen LogP contribution in [-0.2, 0) is 33.4 Å². The molecule has 0 bridgehead atoms. The monoisotopic (exact) mass is 804 g/mol. The lowest BCUT2D eigenvalue weighted by Crippen LogP contribution is -2.44. The molecule has 0 saturated heterocycles. The highest BCUT2D eigenvalue weighted by atomic mass is 16.6. The molecule has 0 radical (unpaired) electrons. The van der Waals surface area contributed by atoms with Crippen molar-refractivity contribution in [2.75, 3.05) is 46.2 Å². The van der Waals surface area contributed by atoms with E-state index in [-0.39, 0.29) is 36.5 Å². The summed E-state index contributed by atoms with van der Waals surface area (Å²) in [5.41, 5.74) is 2.83. The van der Waals surface area contributed by atoms with Crippen LogP contribution in [0, 0.1) is 5.41 Å². The molecule has 12 nitrogen and oxygen atoms in total. The van der Waals surface area contributed by atoms with Gasteiger partial charge < -0.3 is 38.3 Å². The largest absolute Gasteiger partial charge is 0.493 e. The second-order valence-electron chi connectivity index (χ2n) is 13.8. The van der Waals surface area contributed by atoms with Gasteiger partial charge in [-0.15, -0.1) is 0 Å². The number of hydrogen-bond acceptors (Lipinski definition) is 12. The van der Waals surface area contributed by atoms with E-state index in [0.29, 0.717) is 41.8 Å². The van der Waals surface area contributed by atoms with E-state index >= 15 is 0 Å². The Morgan fingerprint density at radius 2 is 0.780 bits per heavy atom. The number of aliphatic hydroxyl groups excluding tert-OH is 1. The molecule has 0 heterocycles. The Labute approximate surface area is 343 Å². The van der Waals surface area contributed by atoms with Crippen molar-refractivity contribution in [2.24, 2.45) is 5.41 Å². The Bertz CT molecular complexity index is 2100. The van der Waals surface area contributed by atoms with Gasteiger partial charge in [-0.05, 0) is 91.6 Å². The van der Waals surface area contributed by atoms with Crippen LogP contribution in [0.4, 0.5) is 0 Å². The number of aliphatic hydroxyl groups is 1. The van der Waals surface area contributed by atoms with E-state index in [1.165, 1.54) is 13.8 Å². The summed E-state index contributed by atoms with van der Waals surface area (Å²) in [5.74, 6) is -0.486. The first-order chi connectivity index (χ1) is 28.2. The van der Waals surface area contributed by atoms with Gasteiger partial charge in [-0.2, -0.15) is 0 Å².